The molecule has 0 N–H and O–H groups in total. The predicted octanol–water partition coefficient (Wildman–Crippen LogP) is 3.86. The topological polar surface area (TPSA) is 55.8 Å². The number of ether oxygens (including phenoxy) is 2. The standard InChI is InChI=1S/C17H26ClNO4S/c1-4-19(12-17(2,3)9-5-6-10-18)24(20,21)14-7-8-15-16(11-14)23-13-22-15/h7-8,11H,4-6,9-10,12-13H2,1-3H3. The summed E-state index contributed by atoms with van der Waals surface area (Å²) in [4.78, 5) is 0.241. The Morgan fingerprint density at radius 3 is 2.58 bits per heavy atom. The minimum absolute atomic E-state index is 0.106. The summed E-state index contributed by atoms with van der Waals surface area (Å²) < 4.78 is 38.0. The monoisotopic (exact) mass is 375 g/mol. The number of rotatable bonds is 9. The van der Waals surface area contributed by atoms with Crippen molar-refractivity contribution in [3.8, 4) is 11.5 Å². The number of fused-ring (bicyclic) bond motifs is 1. The summed E-state index contributed by atoms with van der Waals surface area (Å²) in [6.07, 6.45) is 2.89. The smallest absolute Gasteiger partial charge is 0.243 e. The molecule has 0 atom stereocenters. The Morgan fingerprint density at radius 2 is 1.92 bits per heavy atom. The fourth-order valence-electron chi connectivity index (χ4n) is 2.81. The van der Waals surface area contributed by atoms with Crippen LogP contribution in [0.15, 0.2) is 23.1 Å². The van der Waals surface area contributed by atoms with E-state index in [0.717, 1.165) is 19.3 Å². The van der Waals surface area contributed by atoms with E-state index in [4.69, 9.17) is 21.1 Å². The second-order valence-electron chi connectivity index (χ2n) is 6.76. The molecule has 0 amide bonds. The SMILES string of the molecule is CCN(CC(C)(C)CCCCCl)S(=O)(=O)c1ccc2c(c1)OCO2. The predicted molar refractivity (Wildman–Crippen MR) is 95.3 cm³/mol. The van der Waals surface area contributed by atoms with Crippen LogP contribution in [0.2, 0.25) is 0 Å². The molecule has 1 aromatic carbocycles. The highest BCUT2D eigenvalue weighted by Gasteiger charge is 2.30. The third-order valence-electron chi connectivity index (χ3n) is 4.18. The van der Waals surface area contributed by atoms with Gasteiger partial charge in [0, 0.05) is 25.0 Å². The first-order valence-electron chi connectivity index (χ1n) is 8.26. The van der Waals surface area contributed by atoms with Gasteiger partial charge < -0.3 is 9.47 Å². The Labute approximate surface area is 149 Å². The highest BCUT2D eigenvalue weighted by Crippen LogP contribution is 2.35. The minimum atomic E-state index is -3.56. The first-order chi connectivity index (χ1) is 11.3. The number of alkyl halides is 1. The lowest BCUT2D eigenvalue weighted by molar-refractivity contribution is 0.174. The van der Waals surface area contributed by atoms with Crippen molar-refractivity contribution in [3.63, 3.8) is 0 Å². The molecule has 0 fully saturated rings. The molecule has 0 aromatic heterocycles. The molecule has 7 heteroatoms. The lowest BCUT2D eigenvalue weighted by Crippen LogP contribution is -2.38. The maximum atomic E-state index is 13.0. The van der Waals surface area contributed by atoms with Crippen molar-refractivity contribution in [1.82, 2.24) is 4.31 Å². The van der Waals surface area contributed by atoms with Crippen LogP contribution in [0, 0.1) is 5.41 Å². The molecule has 24 heavy (non-hydrogen) atoms. The number of hydrogen-bond acceptors (Lipinski definition) is 4. The van der Waals surface area contributed by atoms with Gasteiger partial charge in [0.1, 0.15) is 0 Å². The van der Waals surface area contributed by atoms with Crippen LogP contribution in [0.1, 0.15) is 40.0 Å². The van der Waals surface area contributed by atoms with E-state index in [2.05, 4.69) is 13.8 Å². The Hall–Kier alpha value is -0.980. The molecule has 0 saturated carbocycles. The van der Waals surface area contributed by atoms with Crippen LogP contribution in [0.4, 0.5) is 0 Å². The highest BCUT2D eigenvalue weighted by molar-refractivity contribution is 7.89. The van der Waals surface area contributed by atoms with Gasteiger partial charge in [0.05, 0.1) is 4.90 Å². The maximum absolute atomic E-state index is 13.0. The zero-order valence-electron chi connectivity index (χ0n) is 14.5. The largest absolute Gasteiger partial charge is 0.454 e. The molecule has 0 radical (unpaired) electrons. The van der Waals surface area contributed by atoms with Gasteiger partial charge in [-0.15, -0.1) is 11.6 Å². The number of hydrogen-bond donors (Lipinski definition) is 0. The zero-order chi connectivity index (χ0) is 17.8. The molecule has 5 nitrogen and oxygen atoms in total. The Kier molecular flexibility index (Phi) is 6.39. The molecule has 1 aliphatic rings. The van der Waals surface area contributed by atoms with E-state index in [1.165, 1.54) is 4.31 Å². The second kappa shape index (κ2) is 7.93. The van der Waals surface area contributed by atoms with Crippen molar-refractivity contribution in [1.29, 1.82) is 0 Å². The summed E-state index contributed by atoms with van der Waals surface area (Å²) in [6, 6.07) is 4.77. The lowest BCUT2D eigenvalue weighted by Gasteiger charge is -2.31. The summed E-state index contributed by atoms with van der Waals surface area (Å²) in [5, 5.41) is 0. The zero-order valence-corrected chi connectivity index (χ0v) is 16.1. The normalized spacial score (nSPS) is 14.4. The van der Waals surface area contributed by atoms with Gasteiger partial charge in [0.2, 0.25) is 16.8 Å². The van der Waals surface area contributed by atoms with Crippen LogP contribution in [-0.2, 0) is 10.0 Å². The second-order valence-corrected chi connectivity index (χ2v) is 9.07. The number of benzene rings is 1. The van der Waals surface area contributed by atoms with Crippen molar-refractivity contribution < 1.29 is 17.9 Å². The van der Waals surface area contributed by atoms with Gasteiger partial charge in [-0.25, -0.2) is 8.42 Å². The van der Waals surface area contributed by atoms with Gasteiger partial charge in [-0.1, -0.05) is 27.2 Å². The van der Waals surface area contributed by atoms with Crippen LogP contribution in [-0.4, -0.2) is 38.5 Å². The summed E-state index contributed by atoms with van der Waals surface area (Å²) in [7, 11) is -3.56. The van der Waals surface area contributed by atoms with Crippen LogP contribution in [0.5, 0.6) is 11.5 Å². The number of unbranched alkanes of at least 4 members (excludes halogenated alkanes) is 1. The van der Waals surface area contributed by atoms with Gasteiger partial charge in [0.15, 0.2) is 11.5 Å². The van der Waals surface area contributed by atoms with E-state index in [-0.39, 0.29) is 17.1 Å². The molecule has 0 aliphatic carbocycles. The maximum Gasteiger partial charge on any atom is 0.243 e. The van der Waals surface area contributed by atoms with E-state index < -0.39 is 10.0 Å². The van der Waals surface area contributed by atoms with E-state index >= 15 is 0 Å². The molecular formula is C17H26ClNO4S. The average molecular weight is 376 g/mol. The molecular weight excluding hydrogens is 350 g/mol. The first-order valence-corrected chi connectivity index (χ1v) is 10.2. The Bertz CT molecular complexity index is 661. The molecule has 1 heterocycles. The number of halogens is 1. The molecule has 1 aromatic rings. The average Bonchev–Trinajstić information content (AvgIpc) is 3.00. The molecule has 0 unspecified atom stereocenters. The third kappa shape index (κ3) is 4.55. The van der Waals surface area contributed by atoms with E-state index in [0.29, 0.717) is 30.5 Å². The minimum Gasteiger partial charge on any atom is -0.454 e. The summed E-state index contributed by atoms with van der Waals surface area (Å²) >= 11 is 5.73. The molecule has 0 bridgehead atoms. The van der Waals surface area contributed by atoms with Gasteiger partial charge in [-0.05, 0) is 30.4 Å². The summed E-state index contributed by atoms with van der Waals surface area (Å²) in [5.74, 6) is 1.70. The molecule has 136 valence electrons. The molecule has 2 rings (SSSR count). The molecule has 1 aliphatic heterocycles. The van der Waals surface area contributed by atoms with Crippen molar-refractivity contribution in [2.24, 2.45) is 5.41 Å². The fourth-order valence-corrected chi connectivity index (χ4v) is 4.65. The number of nitrogens with zero attached hydrogens (tertiary/aromatic N) is 1. The van der Waals surface area contributed by atoms with Crippen molar-refractivity contribution in [3.05, 3.63) is 18.2 Å². The van der Waals surface area contributed by atoms with E-state index in [1.54, 1.807) is 18.2 Å². The van der Waals surface area contributed by atoms with E-state index in [1.807, 2.05) is 6.92 Å². The van der Waals surface area contributed by atoms with Crippen molar-refractivity contribution in [2.45, 2.75) is 44.9 Å². The van der Waals surface area contributed by atoms with Gasteiger partial charge in [-0.3, -0.25) is 0 Å². The van der Waals surface area contributed by atoms with Crippen LogP contribution in [0.3, 0.4) is 0 Å². The van der Waals surface area contributed by atoms with Crippen LogP contribution in [0.25, 0.3) is 0 Å². The van der Waals surface area contributed by atoms with Gasteiger partial charge in [-0.2, -0.15) is 4.31 Å². The first kappa shape index (κ1) is 19.3. The van der Waals surface area contributed by atoms with Gasteiger partial charge in [0.25, 0.3) is 0 Å². The van der Waals surface area contributed by atoms with Gasteiger partial charge >= 0.3 is 0 Å². The molecule has 0 saturated heterocycles. The highest BCUT2D eigenvalue weighted by atomic mass is 35.5. The van der Waals surface area contributed by atoms with Crippen molar-refractivity contribution in [2.75, 3.05) is 25.8 Å². The summed E-state index contributed by atoms with van der Waals surface area (Å²) in [6.45, 7) is 7.08. The Balaban J connectivity index is 2.16. The van der Waals surface area contributed by atoms with E-state index in [9.17, 15) is 8.42 Å². The van der Waals surface area contributed by atoms with Crippen molar-refractivity contribution >= 4 is 21.6 Å². The summed E-state index contributed by atoms with van der Waals surface area (Å²) in [5.41, 5.74) is -0.106. The van der Waals surface area contributed by atoms with Crippen LogP contribution < -0.4 is 9.47 Å². The fraction of sp³-hybridized carbons (Fsp3) is 0.647. The Morgan fingerprint density at radius 1 is 1.21 bits per heavy atom. The lowest BCUT2D eigenvalue weighted by atomic mass is 9.87. The number of sulfonamides is 1. The molecule has 0 spiro atoms. The third-order valence-corrected chi connectivity index (χ3v) is 6.36. The quantitative estimate of drug-likeness (QED) is 0.485. The van der Waals surface area contributed by atoms with Crippen LogP contribution >= 0.6 is 11.6 Å².